The molecule has 11 nitrogen and oxygen atoms in total. The molecule has 1 fully saturated rings. The molecular formula is C30H32N8O3. The van der Waals surface area contributed by atoms with Crippen LogP contribution in [0.1, 0.15) is 26.7 Å². The second kappa shape index (κ2) is 11.7. The number of nitrogen functional groups attached to an aromatic ring is 1. The third-order valence-electron chi connectivity index (χ3n) is 6.95. The molecule has 0 spiro atoms. The monoisotopic (exact) mass is 552 g/mol. The van der Waals surface area contributed by atoms with Crippen LogP contribution in [0, 0.1) is 16.7 Å². The number of carbonyl (C=O) groups excluding carboxylic acids is 1. The largest absolute Gasteiger partial charge is 0.457 e. The van der Waals surface area contributed by atoms with Gasteiger partial charge in [0.2, 0.25) is 0 Å². The van der Waals surface area contributed by atoms with Crippen LogP contribution in [0.4, 0.5) is 5.82 Å². The molecule has 1 saturated heterocycles. The van der Waals surface area contributed by atoms with Crippen LogP contribution in [0.2, 0.25) is 0 Å². The lowest BCUT2D eigenvalue weighted by Gasteiger charge is -2.25. The van der Waals surface area contributed by atoms with E-state index in [1.54, 1.807) is 30.3 Å². The van der Waals surface area contributed by atoms with E-state index < -0.39 is 11.3 Å². The zero-order valence-corrected chi connectivity index (χ0v) is 23.0. The fraction of sp³-hybridized carbons (Fsp3) is 0.300. The van der Waals surface area contributed by atoms with Crippen LogP contribution >= 0.6 is 0 Å². The fourth-order valence-electron chi connectivity index (χ4n) is 4.89. The van der Waals surface area contributed by atoms with Gasteiger partial charge in [-0.3, -0.25) is 13.9 Å². The topological polar surface area (TPSA) is 153 Å². The average molecular weight is 553 g/mol. The number of benzene rings is 2. The Labute approximate surface area is 237 Å². The zero-order valence-electron chi connectivity index (χ0n) is 23.0. The van der Waals surface area contributed by atoms with E-state index in [1.807, 2.05) is 50.2 Å². The van der Waals surface area contributed by atoms with E-state index in [4.69, 9.17) is 10.5 Å². The van der Waals surface area contributed by atoms with Crippen molar-refractivity contribution >= 4 is 22.9 Å². The molecule has 2 aromatic heterocycles. The van der Waals surface area contributed by atoms with Crippen molar-refractivity contribution in [2.45, 2.75) is 39.3 Å². The molecule has 0 bridgehead atoms. The van der Waals surface area contributed by atoms with E-state index >= 15 is 0 Å². The number of fused-ring (bicyclic) bond motifs is 1. The first-order valence-corrected chi connectivity index (χ1v) is 13.4. The number of hydrogen-bond acceptors (Lipinski definition) is 8. The Kier molecular flexibility index (Phi) is 7.85. The summed E-state index contributed by atoms with van der Waals surface area (Å²) in [5.74, 6) is 1.06. The zero-order chi connectivity index (χ0) is 29.0. The average Bonchev–Trinajstić information content (AvgIpc) is 3.58. The minimum Gasteiger partial charge on any atom is -0.457 e. The molecule has 41 heavy (non-hydrogen) atoms. The summed E-state index contributed by atoms with van der Waals surface area (Å²) in [4.78, 5) is 35.1. The number of anilines is 1. The maximum Gasteiger partial charge on any atom is 0.335 e. The lowest BCUT2D eigenvalue weighted by atomic mass is 9.93. The van der Waals surface area contributed by atoms with Crippen molar-refractivity contribution in [3.05, 3.63) is 83.1 Å². The highest BCUT2D eigenvalue weighted by Gasteiger charge is 2.27. The number of para-hydroxylation sites is 1. The predicted octanol–water partition coefficient (Wildman–Crippen LogP) is 3.30. The van der Waals surface area contributed by atoms with E-state index in [1.165, 1.54) is 15.5 Å². The van der Waals surface area contributed by atoms with Gasteiger partial charge in [-0.25, -0.2) is 14.8 Å². The Morgan fingerprint density at radius 3 is 2.61 bits per heavy atom. The number of rotatable bonds is 9. The molecule has 1 aliphatic rings. The minimum absolute atomic E-state index is 0.0252. The number of ether oxygens (including phenoxy) is 1. The lowest BCUT2D eigenvalue weighted by Crippen LogP contribution is -2.39. The molecule has 0 unspecified atom stereocenters. The number of carbonyl (C=O) groups is 1. The molecule has 1 aliphatic heterocycles. The Hall–Kier alpha value is -4.95. The molecule has 5 rings (SSSR count). The second-order valence-corrected chi connectivity index (χ2v) is 10.8. The number of nitriles is 1. The van der Waals surface area contributed by atoms with Gasteiger partial charge >= 0.3 is 5.69 Å². The van der Waals surface area contributed by atoms with Gasteiger partial charge in [0.15, 0.2) is 11.5 Å². The molecule has 210 valence electrons. The smallest absolute Gasteiger partial charge is 0.335 e. The van der Waals surface area contributed by atoms with E-state index in [0.717, 1.165) is 19.4 Å². The van der Waals surface area contributed by atoms with Gasteiger partial charge in [-0.15, -0.1) is 0 Å². The van der Waals surface area contributed by atoms with Crippen molar-refractivity contribution in [2.24, 2.45) is 5.41 Å². The highest BCUT2D eigenvalue weighted by atomic mass is 16.5. The number of nitrogens with two attached hydrogens (primary N) is 1. The maximum atomic E-state index is 13.8. The van der Waals surface area contributed by atoms with E-state index in [2.05, 4.69) is 20.6 Å². The molecule has 0 radical (unpaired) electrons. The van der Waals surface area contributed by atoms with Gasteiger partial charge in [0.1, 0.15) is 35.0 Å². The summed E-state index contributed by atoms with van der Waals surface area (Å²) < 4.78 is 8.91. The molecule has 1 amide bonds. The van der Waals surface area contributed by atoms with Crippen LogP contribution in [0.5, 0.6) is 11.5 Å². The normalized spacial score (nSPS) is 15.5. The summed E-state index contributed by atoms with van der Waals surface area (Å²) >= 11 is 0. The Morgan fingerprint density at radius 2 is 1.93 bits per heavy atom. The predicted molar refractivity (Wildman–Crippen MR) is 156 cm³/mol. The van der Waals surface area contributed by atoms with Crippen LogP contribution in [0.25, 0.3) is 16.9 Å². The number of hydrogen-bond donors (Lipinski definition) is 3. The molecule has 4 aromatic rings. The second-order valence-electron chi connectivity index (χ2n) is 10.8. The molecule has 0 saturated carbocycles. The first-order valence-electron chi connectivity index (χ1n) is 13.4. The summed E-state index contributed by atoms with van der Waals surface area (Å²) in [6, 6.07) is 18.5. The molecule has 4 N–H and O–H groups in total. The Balaban J connectivity index is 1.39. The number of nitrogens with one attached hydrogen (secondary N) is 2. The summed E-state index contributed by atoms with van der Waals surface area (Å²) in [6.45, 7) is 5.19. The first kappa shape index (κ1) is 27.6. The number of amides is 1. The molecular weight excluding hydrogens is 520 g/mol. The number of aromatic nitrogens is 4. The maximum absolute atomic E-state index is 13.8. The van der Waals surface area contributed by atoms with Crippen molar-refractivity contribution in [3.63, 3.8) is 0 Å². The van der Waals surface area contributed by atoms with Gasteiger partial charge in [0.25, 0.3) is 5.91 Å². The van der Waals surface area contributed by atoms with Crippen LogP contribution in [0.15, 0.2) is 77.4 Å². The third kappa shape index (κ3) is 6.13. The van der Waals surface area contributed by atoms with Crippen LogP contribution < -0.4 is 26.8 Å². The highest BCUT2D eigenvalue weighted by Crippen LogP contribution is 2.26. The molecule has 0 aliphatic carbocycles. The van der Waals surface area contributed by atoms with Crippen molar-refractivity contribution in [1.82, 2.24) is 29.7 Å². The fourth-order valence-corrected chi connectivity index (χ4v) is 4.89. The molecule has 11 heteroatoms. The van der Waals surface area contributed by atoms with E-state index in [9.17, 15) is 14.9 Å². The van der Waals surface area contributed by atoms with E-state index in [-0.39, 0.29) is 36.2 Å². The summed E-state index contributed by atoms with van der Waals surface area (Å²) in [5, 5.41) is 15.6. The van der Waals surface area contributed by atoms with Gasteiger partial charge < -0.3 is 21.1 Å². The quantitative estimate of drug-likeness (QED) is 0.211. The minimum atomic E-state index is -0.572. The van der Waals surface area contributed by atoms with Gasteiger partial charge in [0, 0.05) is 24.5 Å². The number of imidazole rings is 1. The summed E-state index contributed by atoms with van der Waals surface area (Å²) in [5.41, 5.74) is 6.77. The van der Waals surface area contributed by atoms with Crippen LogP contribution in [-0.2, 0) is 11.3 Å². The molecule has 1 atom stereocenters. The van der Waals surface area contributed by atoms with E-state index in [0.29, 0.717) is 28.4 Å². The third-order valence-corrected chi connectivity index (χ3v) is 6.95. The number of nitrogens with zero attached hydrogens (tertiary/aromatic N) is 5. The Morgan fingerprint density at radius 1 is 1.20 bits per heavy atom. The van der Waals surface area contributed by atoms with Crippen LogP contribution in [-0.4, -0.2) is 44.1 Å². The molecule has 3 heterocycles. The van der Waals surface area contributed by atoms with Crippen LogP contribution in [0.3, 0.4) is 0 Å². The highest BCUT2D eigenvalue weighted by molar-refractivity contribution is 5.97. The SMILES string of the molecule is CC(C)(CNC(=O)C(C#N)=C[C@@H]1CCCN1)Cn1c(=O)n(-c2ccc(Oc3ccccc3)cc2)c2c(N)ncnc21. The standard InChI is InChI=1S/C30H32N8O3/c1-30(2,17-34-28(39)20(16-31)15-21-7-6-14-33-21)18-37-27-25(26(32)35-19-36-27)38(29(37)40)22-10-12-24(13-11-22)41-23-8-4-3-5-9-23/h3-5,8-13,15,19,21,33H,6-7,14,17-18H2,1-2H3,(H,34,39)(H2,32,35,36)/t21-/m0/s1. The van der Waals surface area contributed by atoms with Crippen molar-refractivity contribution in [3.8, 4) is 23.3 Å². The van der Waals surface area contributed by atoms with Gasteiger partial charge in [-0.05, 0) is 61.9 Å². The van der Waals surface area contributed by atoms with Crippen molar-refractivity contribution in [1.29, 1.82) is 5.26 Å². The summed E-state index contributed by atoms with van der Waals surface area (Å²) in [7, 11) is 0. The summed E-state index contributed by atoms with van der Waals surface area (Å²) in [6.07, 6.45) is 4.91. The first-order chi connectivity index (χ1) is 19.8. The van der Waals surface area contributed by atoms with Gasteiger partial charge in [0.05, 0.1) is 5.69 Å². The van der Waals surface area contributed by atoms with Crippen molar-refractivity contribution < 1.29 is 9.53 Å². The van der Waals surface area contributed by atoms with Crippen molar-refractivity contribution in [2.75, 3.05) is 18.8 Å². The Bertz CT molecular complexity index is 1680. The van der Waals surface area contributed by atoms with Gasteiger partial charge in [-0.1, -0.05) is 32.0 Å². The lowest BCUT2D eigenvalue weighted by molar-refractivity contribution is -0.117. The molecule has 2 aromatic carbocycles. The van der Waals surface area contributed by atoms with Gasteiger partial charge in [-0.2, -0.15) is 5.26 Å².